The van der Waals surface area contributed by atoms with Crippen LogP contribution >= 0.6 is 22.6 Å². The molecule has 0 radical (unpaired) electrons. The van der Waals surface area contributed by atoms with Crippen molar-refractivity contribution in [1.82, 2.24) is 0 Å². The van der Waals surface area contributed by atoms with Gasteiger partial charge in [-0.3, -0.25) is 0 Å². The van der Waals surface area contributed by atoms with Gasteiger partial charge in [-0.05, 0) is 30.0 Å². The summed E-state index contributed by atoms with van der Waals surface area (Å²) >= 11 is 2.47. The number of alkyl halides is 1. The van der Waals surface area contributed by atoms with E-state index in [4.69, 9.17) is 4.43 Å². The molecule has 0 saturated heterocycles. The summed E-state index contributed by atoms with van der Waals surface area (Å²) in [6.07, 6.45) is 0. The first-order valence-electron chi connectivity index (χ1n) is 5.81. The maximum atomic E-state index is 6.24. The summed E-state index contributed by atoms with van der Waals surface area (Å²) < 4.78 is 7.44. The van der Waals surface area contributed by atoms with Gasteiger partial charge in [0.15, 0.2) is 8.32 Å². The highest BCUT2D eigenvalue weighted by molar-refractivity contribution is 14.1. The Bertz CT molecular complexity index is 185. The number of rotatable bonds is 5. The zero-order chi connectivity index (χ0) is 12.3. The van der Waals surface area contributed by atoms with Crippen LogP contribution in [0.1, 0.15) is 34.6 Å². The quantitative estimate of drug-likeness (QED) is 0.399. The normalized spacial score (nSPS) is 15.8. The van der Waals surface area contributed by atoms with E-state index in [0.29, 0.717) is 11.0 Å². The predicted molar refractivity (Wildman–Crippen MR) is 80.4 cm³/mol. The van der Waals surface area contributed by atoms with Gasteiger partial charge in [0.1, 0.15) is 0 Å². The van der Waals surface area contributed by atoms with Crippen molar-refractivity contribution in [3.8, 4) is 0 Å². The molecule has 0 aliphatic heterocycles. The van der Waals surface area contributed by atoms with Crippen molar-refractivity contribution in [2.75, 3.05) is 11.0 Å². The van der Waals surface area contributed by atoms with Gasteiger partial charge in [0.05, 0.1) is 0 Å². The van der Waals surface area contributed by atoms with E-state index in [2.05, 4.69) is 70.3 Å². The maximum absolute atomic E-state index is 6.24. The van der Waals surface area contributed by atoms with Crippen LogP contribution in [0.2, 0.25) is 18.1 Å². The molecule has 1 atom stereocenters. The van der Waals surface area contributed by atoms with E-state index in [0.717, 1.165) is 12.5 Å². The van der Waals surface area contributed by atoms with Crippen LogP contribution < -0.4 is 0 Å². The highest BCUT2D eigenvalue weighted by Crippen LogP contribution is 2.37. The van der Waals surface area contributed by atoms with E-state index in [1.807, 2.05) is 0 Å². The van der Waals surface area contributed by atoms with E-state index in [-0.39, 0.29) is 0 Å². The molecule has 0 heterocycles. The van der Waals surface area contributed by atoms with Gasteiger partial charge in [-0.25, -0.2) is 0 Å². The summed E-state index contributed by atoms with van der Waals surface area (Å²) in [6.45, 7) is 17.1. The Hall–Kier alpha value is 0.907. The summed E-state index contributed by atoms with van der Waals surface area (Å²) in [4.78, 5) is 0. The van der Waals surface area contributed by atoms with Crippen LogP contribution in [0.4, 0.5) is 0 Å². The summed E-state index contributed by atoms with van der Waals surface area (Å²) in [5.41, 5.74) is 0. The van der Waals surface area contributed by atoms with Gasteiger partial charge in [0, 0.05) is 11.0 Å². The van der Waals surface area contributed by atoms with Crippen LogP contribution in [-0.2, 0) is 4.43 Å². The molecule has 0 aliphatic carbocycles. The minimum absolute atomic E-state index is 0.333. The standard InChI is InChI=1S/C12H27IOSi/c1-10(2)11(8-13)9-14-15(6,7)12(3,4)5/h10-11H,8-9H2,1-7H3. The van der Waals surface area contributed by atoms with Crippen LogP contribution in [-0.4, -0.2) is 19.4 Å². The summed E-state index contributed by atoms with van der Waals surface area (Å²) in [5, 5.41) is 0.333. The van der Waals surface area contributed by atoms with Crippen molar-refractivity contribution in [3.63, 3.8) is 0 Å². The number of hydrogen-bond acceptors (Lipinski definition) is 1. The lowest BCUT2D eigenvalue weighted by molar-refractivity contribution is 0.210. The molecule has 0 saturated carbocycles. The topological polar surface area (TPSA) is 9.23 Å². The smallest absolute Gasteiger partial charge is 0.191 e. The molecule has 3 heteroatoms. The molecule has 0 aromatic heterocycles. The molecule has 0 rings (SSSR count). The third-order valence-electron chi connectivity index (χ3n) is 3.61. The highest BCUT2D eigenvalue weighted by atomic mass is 127. The fourth-order valence-corrected chi connectivity index (χ4v) is 3.28. The molecule has 1 unspecified atom stereocenters. The highest BCUT2D eigenvalue weighted by Gasteiger charge is 2.37. The molecule has 1 nitrogen and oxygen atoms in total. The third kappa shape index (κ3) is 5.17. The average Bonchev–Trinajstić information content (AvgIpc) is 2.02. The van der Waals surface area contributed by atoms with Crippen molar-refractivity contribution >= 4 is 30.9 Å². The first kappa shape index (κ1) is 15.9. The van der Waals surface area contributed by atoms with Crippen LogP contribution in [0.15, 0.2) is 0 Å². The Morgan fingerprint density at radius 2 is 1.67 bits per heavy atom. The van der Waals surface area contributed by atoms with Crippen molar-refractivity contribution in [2.45, 2.75) is 52.8 Å². The van der Waals surface area contributed by atoms with Crippen LogP contribution in [0.25, 0.3) is 0 Å². The fourth-order valence-electron chi connectivity index (χ4n) is 0.947. The molecular weight excluding hydrogens is 315 g/mol. The SMILES string of the molecule is CC(C)C(CI)CO[Si](C)(C)C(C)(C)C. The van der Waals surface area contributed by atoms with E-state index < -0.39 is 8.32 Å². The second-order valence-electron chi connectivity index (χ2n) is 6.23. The Morgan fingerprint density at radius 3 is 1.93 bits per heavy atom. The van der Waals surface area contributed by atoms with Crippen LogP contribution in [0.5, 0.6) is 0 Å². The van der Waals surface area contributed by atoms with Gasteiger partial charge in [-0.15, -0.1) is 0 Å². The molecular formula is C12H27IOSi. The largest absolute Gasteiger partial charge is 0.417 e. The molecule has 0 bridgehead atoms. The Morgan fingerprint density at radius 1 is 1.20 bits per heavy atom. The fraction of sp³-hybridized carbons (Fsp3) is 1.00. The number of hydrogen-bond donors (Lipinski definition) is 0. The molecule has 0 aliphatic rings. The molecule has 0 spiro atoms. The second kappa shape index (κ2) is 6.01. The van der Waals surface area contributed by atoms with E-state index in [1.54, 1.807) is 0 Å². The van der Waals surface area contributed by atoms with Crippen molar-refractivity contribution in [2.24, 2.45) is 11.8 Å². The molecule has 92 valence electrons. The van der Waals surface area contributed by atoms with Gasteiger partial charge >= 0.3 is 0 Å². The minimum atomic E-state index is -1.53. The van der Waals surface area contributed by atoms with Crippen LogP contribution in [0.3, 0.4) is 0 Å². The number of halogens is 1. The predicted octanol–water partition coefficient (Wildman–Crippen LogP) is 4.72. The van der Waals surface area contributed by atoms with Gasteiger partial charge in [-0.1, -0.05) is 57.2 Å². The first-order chi connectivity index (χ1) is 6.62. The summed E-state index contributed by atoms with van der Waals surface area (Å²) in [6, 6.07) is 0. The summed E-state index contributed by atoms with van der Waals surface area (Å²) in [7, 11) is -1.53. The average molecular weight is 342 g/mol. The van der Waals surface area contributed by atoms with Gasteiger partial charge in [0.2, 0.25) is 0 Å². The molecule has 15 heavy (non-hydrogen) atoms. The molecule has 0 amide bonds. The van der Waals surface area contributed by atoms with Gasteiger partial charge in [-0.2, -0.15) is 0 Å². The Kier molecular flexibility index (Phi) is 6.37. The maximum Gasteiger partial charge on any atom is 0.191 e. The summed E-state index contributed by atoms with van der Waals surface area (Å²) in [5.74, 6) is 1.44. The van der Waals surface area contributed by atoms with E-state index in [9.17, 15) is 0 Å². The van der Waals surface area contributed by atoms with Crippen LogP contribution in [0, 0.1) is 11.8 Å². The zero-order valence-electron chi connectivity index (χ0n) is 11.4. The van der Waals surface area contributed by atoms with Gasteiger partial charge in [0.25, 0.3) is 0 Å². The van der Waals surface area contributed by atoms with E-state index >= 15 is 0 Å². The monoisotopic (exact) mass is 342 g/mol. The lowest BCUT2D eigenvalue weighted by Crippen LogP contribution is -2.42. The second-order valence-corrected chi connectivity index (χ2v) is 11.9. The molecule has 0 aromatic carbocycles. The lowest BCUT2D eigenvalue weighted by atomic mass is 10.00. The lowest BCUT2D eigenvalue weighted by Gasteiger charge is -2.37. The zero-order valence-corrected chi connectivity index (χ0v) is 14.5. The first-order valence-corrected chi connectivity index (χ1v) is 10.2. The minimum Gasteiger partial charge on any atom is -0.417 e. The molecule has 0 N–H and O–H groups in total. The van der Waals surface area contributed by atoms with Gasteiger partial charge < -0.3 is 4.43 Å². The van der Waals surface area contributed by atoms with E-state index in [1.165, 1.54) is 4.43 Å². The van der Waals surface area contributed by atoms with Crippen molar-refractivity contribution in [3.05, 3.63) is 0 Å². The van der Waals surface area contributed by atoms with Crippen molar-refractivity contribution in [1.29, 1.82) is 0 Å². The van der Waals surface area contributed by atoms with Crippen molar-refractivity contribution < 1.29 is 4.43 Å². The Labute approximate surface area is 111 Å². The Balaban J connectivity index is 4.25. The molecule has 0 aromatic rings. The molecule has 0 fully saturated rings. The third-order valence-corrected chi connectivity index (χ3v) is 9.24.